The van der Waals surface area contributed by atoms with Crippen molar-refractivity contribution in [1.82, 2.24) is 4.90 Å². The van der Waals surface area contributed by atoms with Crippen LogP contribution < -0.4 is 0 Å². The lowest BCUT2D eigenvalue weighted by atomic mass is 9.68. The highest BCUT2D eigenvalue weighted by Gasteiger charge is 2.38. The van der Waals surface area contributed by atoms with Crippen LogP contribution in [-0.2, 0) is 5.41 Å². The second-order valence-corrected chi connectivity index (χ2v) is 7.63. The molecule has 134 valence electrons. The molecule has 25 heavy (non-hydrogen) atoms. The first-order valence-corrected chi connectivity index (χ1v) is 9.24. The summed E-state index contributed by atoms with van der Waals surface area (Å²) in [5.74, 6) is 0.844. The Morgan fingerprint density at radius 1 is 1.16 bits per heavy atom. The predicted molar refractivity (Wildman–Crippen MR) is 102 cm³/mol. The van der Waals surface area contributed by atoms with Crippen LogP contribution in [0.2, 0.25) is 0 Å². The van der Waals surface area contributed by atoms with E-state index in [9.17, 15) is 10.2 Å². The lowest BCUT2D eigenvalue weighted by Gasteiger charge is -2.45. The van der Waals surface area contributed by atoms with E-state index in [1.54, 1.807) is 6.07 Å². The summed E-state index contributed by atoms with van der Waals surface area (Å²) in [7, 11) is 0. The van der Waals surface area contributed by atoms with Gasteiger partial charge in [-0.1, -0.05) is 56.3 Å². The molecule has 2 unspecified atom stereocenters. The highest BCUT2D eigenvalue weighted by molar-refractivity contribution is 5.33. The fourth-order valence-corrected chi connectivity index (χ4v) is 3.96. The zero-order chi connectivity index (χ0) is 17.9. The molecule has 2 aromatic rings. The Morgan fingerprint density at radius 2 is 1.92 bits per heavy atom. The maximum Gasteiger partial charge on any atom is 0.115 e. The minimum atomic E-state index is -0.393. The molecule has 1 heterocycles. The number of nitrogens with zero attached hydrogens (tertiary/aromatic N) is 1. The second-order valence-electron chi connectivity index (χ2n) is 7.63. The van der Waals surface area contributed by atoms with E-state index in [0.29, 0.717) is 11.7 Å². The maximum atomic E-state index is 10.4. The Balaban J connectivity index is 1.58. The Labute approximate surface area is 150 Å². The molecule has 1 aliphatic rings. The molecule has 3 atom stereocenters. The van der Waals surface area contributed by atoms with E-state index in [4.69, 9.17) is 0 Å². The molecular weight excluding hydrogens is 310 g/mol. The van der Waals surface area contributed by atoms with Gasteiger partial charge in [0.05, 0.1) is 6.10 Å². The van der Waals surface area contributed by atoms with Gasteiger partial charge in [0.1, 0.15) is 5.75 Å². The maximum absolute atomic E-state index is 10.4. The molecule has 2 aromatic carbocycles. The minimum Gasteiger partial charge on any atom is -0.508 e. The van der Waals surface area contributed by atoms with Gasteiger partial charge in [-0.2, -0.15) is 0 Å². The summed E-state index contributed by atoms with van der Waals surface area (Å²) < 4.78 is 0. The average molecular weight is 339 g/mol. The second kappa shape index (κ2) is 7.59. The van der Waals surface area contributed by atoms with Crippen molar-refractivity contribution in [3.8, 4) is 5.75 Å². The third-order valence-corrected chi connectivity index (χ3v) is 5.98. The Morgan fingerprint density at radius 3 is 2.60 bits per heavy atom. The monoisotopic (exact) mass is 339 g/mol. The van der Waals surface area contributed by atoms with E-state index in [-0.39, 0.29) is 5.41 Å². The zero-order valence-corrected chi connectivity index (χ0v) is 15.2. The summed E-state index contributed by atoms with van der Waals surface area (Å²) in [5, 5.41) is 20.2. The number of benzene rings is 2. The Kier molecular flexibility index (Phi) is 5.45. The van der Waals surface area contributed by atoms with E-state index in [1.807, 2.05) is 42.5 Å². The third-order valence-electron chi connectivity index (χ3n) is 5.98. The molecule has 1 saturated heterocycles. The van der Waals surface area contributed by atoms with Crippen LogP contribution >= 0.6 is 0 Å². The van der Waals surface area contributed by atoms with Crippen molar-refractivity contribution in [2.75, 3.05) is 19.6 Å². The predicted octanol–water partition coefficient (Wildman–Crippen LogP) is 4.12. The van der Waals surface area contributed by atoms with Gasteiger partial charge in [0.2, 0.25) is 0 Å². The van der Waals surface area contributed by atoms with Gasteiger partial charge in [-0.15, -0.1) is 0 Å². The first-order valence-electron chi connectivity index (χ1n) is 9.24. The summed E-state index contributed by atoms with van der Waals surface area (Å²) in [5.41, 5.74) is 2.31. The summed E-state index contributed by atoms with van der Waals surface area (Å²) in [4.78, 5) is 2.46. The summed E-state index contributed by atoms with van der Waals surface area (Å²) in [6.07, 6.45) is 1.44. The lowest BCUT2D eigenvalue weighted by molar-refractivity contribution is 0.0868. The molecule has 2 N–H and O–H groups in total. The standard InChI is InChI=1S/C22H29NO2/c1-17-16-23(13-11-21(25)18-7-4-3-5-8-18)14-12-22(17,2)19-9-6-10-20(24)15-19/h3-10,15,17,21,24-25H,11-14,16H2,1-2H3/t17?,21-,22?/m0/s1. The SMILES string of the molecule is CC1CN(CC[C@H](O)c2ccccc2)CCC1(C)c1cccc(O)c1. The van der Waals surface area contributed by atoms with Gasteiger partial charge < -0.3 is 15.1 Å². The number of aliphatic hydroxyl groups excluding tert-OH is 1. The van der Waals surface area contributed by atoms with Crippen LogP contribution in [0.4, 0.5) is 0 Å². The molecule has 0 amide bonds. The molecule has 1 fully saturated rings. The molecule has 3 nitrogen and oxygen atoms in total. The van der Waals surface area contributed by atoms with Gasteiger partial charge >= 0.3 is 0 Å². The number of piperidine rings is 1. The summed E-state index contributed by atoms with van der Waals surface area (Å²) in [6.45, 7) is 7.56. The van der Waals surface area contributed by atoms with Gasteiger partial charge in [0.25, 0.3) is 0 Å². The van der Waals surface area contributed by atoms with Gasteiger partial charge in [0, 0.05) is 13.1 Å². The highest BCUT2D eigenvalue weighted by atomic mass is 16.3. The average Bonchev–Trinajstić information content (AvgIpc) is 2.63. The van der Waals surface area contributed by atoms with Crippen molar-refractivity contribution in [2.45, 2.75) is 38.2 Å². The molecule has 0 aromatic heterocycles. The minimum absolute atomic E-state index is 0.0906. The summed E-state index contributed by atoms with van der Waals surface area (Å²) in [6, 6.07) is 17.6. The van der Waals surface area contributed by atoms with Crippen molar-refractivity contribution >= 4 is 0 Å². The van der Waals surface area contributed by atoms with Crippen molar-refractivity contribution < 1.29 is 10.2 Å². The van der Waals surface area contributed by atoms with Crippen molar-refractivity contribution in [2.24, 2.45) is 5.92 Å². The molecule has 0 saturated carbocycles. The number of rotatable bonds is 5. The Bertz CT molecular complexity index is 687. The van der Waals surface area contributed by atoms with Crippen LogP contribution in [0.1, 0.15) is 43.9 Å². The van der Waals surface area contributed by atoms with Crippen LogP contribution in [0.5, 0.6) is 5.75 Å². The first kappa shape index (κ1) is 18.0. The van der Waals surface area contributed by atoms with E-state index in [1.165, 1.54) is 5.56 Å². The van der Waals surface area contributed by atoms with Gasteiger partial charge in [0.15, 0.2) is 0 Å². The van der Waals surface area contributed by atoms with Gasteiger partial charge in [-0.3, -0.25) is 0 Å². The number of aliphatic hydroxyl groups is 1. The number of likely N-dealkylation sites (tertiary alicyclic amines) is 1. The number of hydrogen-bond donors (Lipinski definition) is 2. The molecule has 1 aliphatic heterocycles. The molecule has 3 heteroatoms. The van der Waals surface area contributed by atoms with Crippen LogP contribution in [-0.4, -0.2) is 34.7 Å². The number of phenols is 1. The number of hydrogen-bond acceptors (Lipinski definition) is 3. The topological polar surface area (TPSA) is 43.7 Å². The highest BCUT2D eigenvalue weighted by Crippen LogP contribution is 2.40. The van der Waals surface area contributed by atoms with Crippen molar-refractivity contribution in [3.05, 3.63) is 65.7 Å². The summed E-state index contributed by atoms with van der Waals surface area (Å²) >= 11 is 0. The van der Waals surface area contributed by atoms with Crippen LogP contribution in [0, 0.1) is 5.92 Å². The molecule has 0 bridgehead atoms. The fourth-order valence-electron chi connectivity index (χ4n) is 3.96. The first-order chi connectivity index (χ1) is 12.0. The van der Waals surface area contributed by atoms with Gasteiger partial charge in [-0.25, -0.2) is 0 Å². The van der Waals surface area contributed by atoms with Crippen LogP contribution in [0.15, 0.2) is 54.6 Å². The Hall–Kier alpha value is -1.84. The van der Waals surface area contributed by atoms with Crippen LogP contribution in [0.3, 0.4) is 0 Å². The fraction of sp³-hybridized carbons (Fsp3) is 0.455. The normalized spacial score (nSPS) is 25.6. The van der Waals surface area contributed by atoms with E-state index in [2.05, 4.69) is 24.8 Å². The quantitative estimate of drug-likeness (QED) is 0.861. The molecule has 3 rings (SSSR count). The lowest BCUT2D eigenvalue weighted by Crippen LogP contribution is -2.47. The molecule has 0 radical (unpaired) electrons. The van der Waals surface area contributed by atoms with E-state index in [0.717, 1.165) is 38.0 Å². The van der Waals surface area contributed by atoms with Gasteiger partial charge in [-0.05, 0) is 54.0 Å². The van der Waals surface area contributed by atoms with E-state index >= 15 is 0 Å². The number of phenolic OH excluding ortho intramolecular Hbond substituents is 1. The van der Waals surface area contributed by atoms with E-state index < -0.39 is 6.10 Å². The van der Waals surface area contributed by atoms with Crippen LogP contribution in [0.25, 0.3) is 0 Å². The largest absolute Gasteiger partial charge is 0.508 e. The third kappa shape index (κ3) is 4.05. The van der Waals surface area contributed by atoms with Crippen molar-refractivity contribution in [3.63, 3.8) is 0 Å². The van der Waals surface area contributed by atoms with Crippen molar-refractivity contribution in [1.29, 1.82) is 0 Å². The molecule has 0 spiro atoms. The zero-order valence-electron chi connectivity index (χ0n) is 15.2. The smallest absolute Gasteiger partial charge is 0.115 e. The number of aromatic hydroxyl groups is 1. The molecule has 0 aliphatic carbocycles. The molecular formula is C22H29NO2.